The summed E-state index contributed by atoms with van der Waals surface area (Å²) in [6, 6.07) is 9.52. The zero-order valence-electron chi connectivity index (χ0n) is 11.2. The predicted molar refractivity (Wildman–Crippen MR) is 77.5 cm³/mol. The quantitative estimate of drug-likeness (QED) is 0.657. The molecule has 9 heteroatoms. The highest BCUT2D eigenvalue weighted by molar-refractivity contribution is 6.32. The zero-order chi connectivity index (χ0) is 17.2. The summed E-state index contributed by atoms with van der Waals surface area (Å²) in [6.07, 6.45) is -5.07. The number of nitrogens with zero attached hydrogens (tertiary/aromatic N) is 1. The van der Waals surface area contributed by atoms with E-state index in [-0.39, 0.29) is 5.69 Å². The lowest BCUT2D eigenvalue weighted by Crippen LogP contribution is -2.18. The minimum Gasteiger partial charge on any atom is -0.322 e. The van der Waals surface area contributed by atoms with E-state index in [1.54, 1.807) is 18.2 Å². The average Bonchev–Trinajstić information content (AvgIpc) is 2.46. The van der Waals surface area contributed by atoms with Crippen molar-refractivity contribution in [2.75, 3.05) is 5.32 Å². The van der Waals surface area contributed by atoms with Crippen LogP contribution in [-0.4, -0.2) is 10.8 Å². The van der Waals surface area contributed by atoms with Gasteiger partial charge in [0, 0.05) is 5.69 Å². The van der Waals surface area contributed by atoms with Gasteiger partial charge in [0.1, 0.15) is 5.56 Å². The maximum Gasteiger partial charge on any atom is 0.424 e. The second-order valence-electron chi connectivity index (χ2n) is 4.39. The molecular formula is C14H8ClF3N2O3. The topological polar surface area (TPSA) is 72.2 Å². The van der Waals surface area contributed by atoms with E-state index in [0.717, 1.165) is 12.1 Å². The van der Waals surface area contributed by atoms with Gasteiger partial charge in [-0.25, -0.2) is 0 Å². The molecule has 2 aromatic rings. The molecule has 0 saturated carbocycles. The Morgan fingerprint density at radius 2 is 1.74 bits per heavy atom. The van der Waals surface area contributed by atoms with Crippen LogP contribution in [0.4, 0.5) is 24.5 Å². The van der Waals surface area contributed by atoms with Crippen molar-refractivity contribution in [2.24, 2.45) is 0 Å². The number of benzene rings is 2. The summed E-state index contributed by atoms with van der Waals surface area (Å²) >= 11 is 5.44. The second kappa shape index (κ2) is 6.25. The number of amides is 1. The fourth-order valence-electron chi connectivity index (χ4n) is 1.93. The van der Waals surface area contributed by atoms with Crippen LogP contribution >= 0.6 is 11.6 Å². The molecule has 1 amide bonds. The van der Waals surface area contributed by atoms with Gasteiger partial charge in [-0.15, -0.1) is 0 Å². The molecule has 0 bridgehead atoms. The number of nitrogens with one attached hydrogen (secondary N) is 1. The number of nitro benzene ring substituents is 1. The van der Waals surface area contributed by atoms with Gasteiger partial charge >= 0.3 is 6.18 Å². The molecule has 0 aromatic heterocycles. The minimum atomic E-state index is -5.07. The van der Waals surface area contributed by atoms with Crippen molar-refractivity contribution in [1.29, 1.82) is 0 Å². The van der Waals surface area contributed by atoms with E-state index in [1.165, 1.54) is 12.1 Å². The van der Waals surface area contributed by atoms with Crippen LogP contribution < -0.4 is 5.32 Å². The summed E-state index contributed by atoms with van der Waals surface area (Å²) in [4.78, 5) is 21.9. The van der Waals surface area contributed by atoms with Crippen LogP contribution in [0, 0.1) is 10.1 Å². The predicted octanol–water partition coefficient (Wildman–Crippen LogP) is 4.52. The Morgan fingerprint density at radius 3 is 2.26 bits per heavy atom. The Labute approximate surface area is 132 Å². The van der Waals surface area contributed by atoms with Crippen molar-refractivity contribution < 1.29 is 22.9 Å². The highest BCUT2D eigenvalue weighted by atomic mass is 35.5. The fourth-order valence-corrected chi connectivity index (χ4v) is 2.19. The van der Waals surface area contributed by atoms with Gasteiger partial charge in [-0.2, -0.15) is 13.2 Å². The van der Waals surface area contributed by atoms with E-state index >= 15 is 0 Å². The summed E-state index contributed by atoms with van der Waals surface area (Å²) in [6.45, 7) is 0. The number of hydrogen-bond acceptors (Lipinski definition) is 3. The normalized spacial score (nSPS) is 11.1. The van der Waals surface area contributed by atoms with Gasteiger partial charge in [0.25, 0.3) is 11.6 Å². The van der Waals surface area contributed by atoms with Gasteiger partial charge in [-0.3, -0.25) is 14.9 Å². The van der Waals surface area contributed by atoms with Crippen molar-refractivity contribution in [2.45, 2.75) is 6.18 Å². The van der Waals surface area contributed by atoms with Gasteiger partial charge < -0.3 is 5.32 Å². The van der Waals surface area contributed by atoms with Crippen molar-refractivity contribution in [3.05, 3.63) is 68.7 Å². The van der Waals surface area contributed by atoms with Crippen LogP contribution in [0.5, 0.6) is 0 Å². The highest BCUT2D eigenvalue weighted by Gasteiger charge is 2.43. The van der Waals surface area contributed by atoms with Gasteiger partial charge in [-0.1, -0.05) is 29.8 Å². The third kappa shape index (κ3) is 3.59. The number of carbonyl (C=O) groups excluding carboxylic acids is 1. The molecule has 23 heavy (non-hydrogen) atoms. The standard InChI is InChI=1S/C14H8ClF3N2O3/c15-10-7-6-9(12(20(22)23)11(10)14(16,17)18)13(21)19-8-4-2-1-3-5-8/h1-7H,(H,19,21). The first-order chi connectivity index (χ1) is 10.7. The Bertz CT molecular complexity index is 764. The highest BCUT2D eigenvalue weighted by Crippen LogP contribution is 2.42. The molecule has 120 valence electrons. The molecule has 0 fully saturated rings. The third-order valence-electron chi connectivity index (χ3n) is 2.87. The van der Waals surface area contributed by atoms with Gasteiger partial charge in [0.2, 0.25) is 0 Å². The lowest BCUT2D eigenvalue weighted by molar-refractivity contribution is -0.388. The SMILES string of the molecule is O=C(Nc1ccccc1)c1ccc(Cl)c(C(F)(F)F)c1[N+](=O)[O-]. The maximum absolute atomic E-state index is 13.0. The Balaban J connectivity index is 2.55. The average molecular weight is 345 g/mol. The number of hydrogen-bond donors (Lipinski definition) is 1. The molecule has 0 aliphatic carbocycles. The monoisotopic (exact) mass is 344 g/mol. The lowest BCUT2D eigenvalue weighted by atomic mass is 10.1. The molecule has 0 unspecified atom stereocenters. The van der Waals surface area contributed by atoms with Crippen LogP contribution in [0.1, 0.15) is 15.9 Å². The summed E-state index contributed by atoms with van der Waals surface area (Å²) < 4.78 is 39.1. The Hall–Kier alpha value is -2.61. The van der Waals surface area contributed by atoms with Crippen LogP contribution in [0.3, 0.4) is 0 Å². The number of nitro groups is 1. The molecule has 5 nitrogen and oxygen atoms in total. The molecule has 0 atom stereocenters. The van der Waals surface area contributed by atoms with Crippen LogP contribution in [-0.2, 0) is 6.18 Å². The molecule has 0 heterocycles. The smallest absolute Gasteiger partial charge is 0.322 e. The molecule has 2 rings (SSSR count). The van der Waals surface area contributed by atoms with E-state index in [2.05, 4.69) is 5.32 Å². The largest absolute Gasteiger partial charge is 0.424 e. The van der Waals surface area contributed by atoms with Gasteiger partial charge in [0.15, 0.2) is 5.56 Å². The molecule has 0 radical (unpaired) electrons. The summed E-state index contributed by atoms with van der Waals surface area (Å²) in [7, 11) is 0. The van der Waals surface area contributed by atoms with E-state index in [4.69, 9.17) is 11.6 Å². The lowest BCUT2D eigenvalue weighted by Gasteiger charge is -2.12. The number of carbonyl (C=O) groups is 1. The molecule has 0 saturated heterocycles. The van der Waals surface area contributed by atoms with E-state index in [0.29, 0.717) is 0 Å². The van der Waals surface area contributed by atoms with E-state index < -0.39 is 38.8 Å². The van der Waals surface area contributed by atoms with E-state index in [9.17, 15) is 28.1 Å². The summed E-state index contributed by atoms with van der Waals surface area (Å²) in [5.74, 6) is -1.04. The molecule has 0 aliphatic rings. The van der Waals surface area contributed by atoms with Crippen molar-refractivity contribution in [1.82, 2.24) is 0 Å². The molecule has 0 spiro atoms. The first-order valence-corrected chi connectivity index (χ1v) is 6.50. The first-order valence-electron chi connectivity index (χ1n) is 6.12. The van der Waals surface area contributed by atoms with Crippen LogP contribution in [0.15, 0.2) is 42.5 Å². The van der Waals surface area contributed by atoms with Crippen LogP contribution in [0.2, 0.25) is 5.02 Å². The molecule has 2 aromatic carbocycles. The third-order valence-corrected chi connectivity index (χ3v) is 3.18. The maximum atomic E-state index is 13.0. The Morgan fingerprint density at radius 1 is 1.13 bits per heavy atom. The van der Waals surface area contributed by atoms with Gasteiger partial charge in [-0.05, 0) is 24.3 Å². The minimum absolute atomic E-state index is 0.287. The Kier molecular flexibility index (Phi) is 4.55. The number of anilines is 1. The fraction of sp³-hybridized carbons (Fsp3) is 0.0714. The summed E-state index contributed by atoms with van der Waals surface area (Å²) in [5, 5.41) is 12.5. The van der Waals surface area contributed by atoms with E-state index in [1.807, 2.05) is 0 Å². The number of alkyl halides is 3. The number of para-hydroxylation sites is 1. The summed E-state index contributed by atoms with van der Waals surface area (Å²) in [5.41, 5.74) is -3.46. The molecular weight excluding hydrogens is 337 g/mol. The van der Waals surface area contributed by atoms with Crippen molar-refractivity contribution in [3.8, 4) is 0 Å². The second-order valence-corrected chi connectivity index (χ2v) is 4.80. The van der Waals surface area contributed by atoms with Crippen molar-refractivity contribution in [3.63, 3.8) is 0 Å². The number of rotatable bonds is 3. The van der Waals surface area contributed by atoms with Crippen LogP contribution in [0.25, 0.3) is 0 Å². The first kappa shape index (κ1) is 16.8. The molecule has 1 N–H and O–H groups in total. The van der Waals surface area contributed by atoms with Gasteiger partial charge in [0.05, 0.1) is 9.95 Å². The number of halogens is 4. The van der Waals surface area contributed by atoms with Crippen molar-refractivity contribution >= 4 is 28.9 Å². The molecule has 0 aliphatic heterocycles. The zero-order valence-corrected chi connectivity index (χ0v) is 12.0.